The quantitative estimate of drug-likeness (QED) is 0.202. The Kier molecular flexibility index (Phi) is 14.3. The van der Waals surface area contributed by atoms with Crippen LogP contribution in [-0.2, 0) is 33.5 Å². The maximum absolute atomic E-state index is 11.4. The van der Waals surface area contributed by atoms with Gasteiger partial charge in [-0.2, -0.15) is 0 Å². The molecule has 2 N–H and O–H groups in total. The smallest absolute Gasteiger partial charge is 0.308 e. The van der Waals surface area contributed by atoms with E-state index in [0.717, 1.165) is 0 Å². The van der Waals surface area contributed by atoms with Gasteiger partial charge in [0.05, 0.1) is 52.7 Å². The molecule has 23 heavy (non-hydrogen) atoms. The highest BCUT2D eigenvalue weighted by Gasteiger charge is 2.15. The van der Waals surface area contributed by atoms with Gasteiger partial charge in [-0.25, -0.2) is 9.78 Å². The Morgan fingerprint density at radius 2 is 1.26 bits per heavy atom. The summed E-state index contributed by atoms with van der Waals surface area (Å²) in [5, 5.41) is 0. The van der Waals surface area contributed by atoms with E-state index in [1.807, 2.05) is 20.8 Å². The van der Waals surface area contributed by atoms with Crippen molar-refractivity contribution in [3.63, 3.8) is 0 Å². The van der Waals surface area contributed by atoms with Gasteiger partial charge in [-0.15, -0.1) is 0 Å². The summed E-state index contributed by atoms with van der Waals surface area (Å²) in [7, 11) is 0. The molecule has 0 fully saturated rings. The molecule has 0 bridgehead atoms. The number of ether oxygens (including phenoxy) is 4. The van der Waals surface area contributed by atoms with Gasteiger partial charge in [0.15, 0.2) is 0 Å². The topological polar surface area (TPSA) is 98.5 Å². The first kappa shape index (κ1) is 22.2. The molecule has 0 aliphatic carbocycles. The van der Waals surface area contributed by atoms with Crippen LogP contribution in [0.4, 0.5) is 0 Å². The van der Waals surface area contributed by atoms with Gasteiger partial charge in [0.2, 0.25) is 0 Å². The number of carbonyl (C=O) groups is 1. The summed E-state index contributed by atoms with van der Waals surface area (Å²) in [6.45, 7) is 9.24. The predicted octanol–water partition coefficient (Wildman–Crippen LogP) is 0.675. The van der Waals surface area contributed by atoms with Gasteiger partial charge < -0.3 is 24.7 Å². The number of esters is 1. The van der Waals surface area contributed by atoms with E-state index in [-0.39, 0.29) is 12.4 Å². The fourth-order valence-corrected chi connectivity index (χ4v) is 1.35. The van der Waals surface area contributed by atoms with Crippen LogP contribution in [0, 0.1) is 0 Å². The van der Waals surface area contributed by atoms with Crippen LogP contribution < -0.4 is 5.73 Å². The Morgan fingerprint density at radius 3 is 1.78 bits per heavy atom. The summed E-state index contributed by atoms with van der Waals surface area (Å²) >= 11 is 0. The number of hydrogen-bond donors (Lipinski definition) is 1. The highest BCUT2D eigenvalue weighted by molar-refractivity contribution is 5.69. The van der Waals surface area contributed by atoms with E-state index in [1.54, 1.807) is 0 Å². The fraction of sp³-hybridized carbons (Fsp3) is 0.933. The Hall–Kier alpha value is -0.770. The molecule has 0 aromatic carbocycles. The molecule has 0 aliphatic heterocycles. The number of nitrogens with two attached hydrogens (primary N) is 1. The molecular formula is C15H31NO7. The Morgan fingerprint density at radius 1 is 0.783 bits per heavy atom. The fourth-order valence-electron chi connectivity index (χ4n) is 1.35. The van der Waals surface area contributed by atoms with Crippen LogP contribution >= 0.6 is 0 Å². The molecule has 0 radical (unpaired) electrons. The summed E-state index contributed by atoms with van der Waals surface area (Å²) in [5.74, 6) is -0.260. The van der Waals surface area contributed by atoms with Crippen LogP contribution in [0.2, 0.25) is 0 Å². The van der Waals surface area contributed by atoms with E-state index in [0.29, 0.717) is 59.4 Å². The molecule has 0 rings (SSSR count). The second kappa shape index (κ2) is 14.8. The van der Waals surface area contributed by atoms with Gasteiger partial charge in [0.25, 0.3) is 0 Å². The molecule has 8 heteroatoms. The minimum Gasteiger partial charge on any atom is -0.460 e. The van der Waals surface area contributed by atoms with E-state index < -0.39 is 5.60 Å². The lowest BCUT2D eigenvalue weighted by Crippen LogP contribution is -2.24. The molecule has 0 unspecified atom stereocenters. The average molecular weight is 337 g/mol. The Bertz CT molecular complexity index is 281. The molecule has 0 saturated heterocycles. The highest BCUT2D eigenvalue weighted by atomic mass is 17.2. The van der Waals surface area contributed by atoms with Crippen LogP contribution in [0.5, 0.6) is 0 Å². The first-order valence-corrected chi connectivity index (χ1v) is 7.85. The van der Waals surface area contributed by atoms with Crippen molar-refractivity contribution in [3.8, 4) is 0 Å². The summed E-state index contributed by atoms with van der Waals surface area (Å²) in [4.78, 5) is 20.9. The van der Waals surface area contributed by atoms with Crippen LogP contribution in [-0.4, -0.2) is 71.0 Å². The minimum absolute atomic E-state index is 0.243. The van der Waals surface area contributed by atoms with Crippen molar-refractivity contribution >= 4 is 5.97 Å². The third-order valence-corrected chi connectivity index (χ3v) is 2.21. The highest BCUT2D eigenvalue weighted by Crippen LogP contribution is 2.07. The molecule has 0 aromatic heterocycles. The molecule has 8 nitrogen and oxygen atoms in total. The van der Waals surface area contributed by atoms with Gasteiger partial charge in [-0.1, -0.05) is 0 Å². The molecule has 0 spiro atoms. The minimum atomic E-state index is -0.457. The van der Waals surface area contributed by atoms with Gasteiger partial charge in [-0.05, 0) is 20.8 Å². The second-order valence-electron chi connectivity index (χ2n) is 5.61. The van der Waals surface area contributed by atoms with Gasteiger partial charge in [0, 0.05) is 6.54 Å². The third-order valence-electron chi connectivity index (χ3n) is 2.21. The zero-order valence-electron chi connectivity index (χ0n) is 14.5. The van der Waals surface area contributed by atoms with Gasteiger partial charge in [-0.3, -0.25) is 4.79 Å². The molecular weight excluding hydrogens is 306 g/mol. The summed E-state index contributed by atoms with van der Waals surface area (Å²) in [5.41, 5.74) is 4.76. The molecule has 0 atom stereocenters. The van der Waals surface area contributed by atoms with Crippen molar-refractivity contribution < 1.29 is 33.5 Å². The van der Waals surface area contributed by atoms with E-state index >= 15 is 0 Å². The molecule has 0 aliphatic rings. The van der Waals surface area contributed by atoms with Crippen molar-refractivity contribution in [1.29, 1.82) is 0 Å². The third kappa shape index (κ3) is 19.2. The monoisotopic (exact) mass is 337 g/mol. The number of rotatable bonds is 15. The molecule has 0 aromatic rings. The lowest BCUT2D eigenvalue weighted by molar-refractivity contribution is -0.297. The molecule has 138 valence electrons. The second-order valence-corrected chi connectivity index (χ2v) is 5.61. The van der Waals surface area contributed by atoms with Crippen LogP contribution in [0.3, 0.4) is 0 Å². The van der Waals surface area contributed by atoms with E-state index in [1.165, 1.54) is 0 Å². The SMILES string of the molecule is CC(C)(C)OC(=O)CCOCCOCCOCCOOCCN. The Balaban J connectivity index is 3.15. The summed E-state index contributed by atoms with van der Waals surface area (Å²) in [6.07, 6.45) is 0.243. The predicted molar refractivity (Wildman–Crippen MR) is 83.9 cm³/mol. The van der Waals surface area contributed by atoms with Crippen molar-refractivity contribution in [1.82, 2.24) is 0 Å². The van der Waals surface area contributed by atoms with E-state index in [2.05, 4.69) is 0 Å². The van der Waals surface area contributed by atoms with E-state index in [9.17, 15) is 4.79 Å². The average Bonchev–Trinajstić information content (AvgIpc) is 2.46. The standard InChI is InChI=1S/C15H31NO7/c1-15(2,3)23-14(17)4-6-18-8-9-19-10-11-20-12-13-22-21-7-5-16/h4-13,16H2,1-3H3. The molecule has 0 saturated carbocycles. The van der Waals surface area contributed by atoms with Crippen molar-refractivity contribution in [2.24, 2.45) is 5.73 Å². The largest absolute Gasteiger partial charge is 0.460 e. The zero-order chi connectivity index (χ0) is 17.4. The summed E-state index contributed by atoms with van der Waals surface area (Å²) in [6, 6.07) is 0. The van der Waals surface area contributed by atoms with Gasteiger partial charge >= 0.3 is 5.97 Å². The Labute approximate surface area is 138 Å². The first-order valence-electron chi connectivity index (χ1n) is 7.85. The van der Waals surface area contributed by atoms with Crippen molar-refractivity contribution in [2.45, 2.75) is 32.8 Å². The van der Waals surface area contributed by atoms with E-state index in [4.69, 9.17) is 34.5 Å². The van der Waals surface area contributed by atoms with Crippen molar-refractivity contribution in [2.75, 3.05) is 59.4 Å². The zero-order valence-corrected chi connectivity index (χ0v) is 14.5. The van der Waals surface area contributed by atoms with Crippen LogP contribution in [0.25, 0.3) is 0 Å². The lowest BCUT2D eigenvalue weighted by Gasteiger charge is -2.19. The lowest BCUT2D eigenvalue weighted by atomic mass is 10.2. The normalized spacial score (nSPS) is 11.7. The van der Waals surface area contributed by atoms with Gasteiger partial charge in [0.1, 0.15) is 12.2 Å². The number of carbonyl (C=O) groups excluding carboxylic acids is 1. The molecule has 0 heterocycles. The van der Waals surface area contributed by atoms with Crippen molar-refractivity contribution in [3.05, 3.63) is 0 Å². The van der Waals surface area contributed by atoms with Crippen LogP contribution in [0.15, 0.2) is 0 Å². The maximum atomic E-state index is 11.4. The van der Waals surface area contributed by atoms with Crippen LogP contribution in [0.1, 0.15) is 27.2 Å². The maximum Gasteiger partial charge on any atom is 0.308 e. The molecule has 0 amide bonds. The summed E-state index contributed by atoms with van der Waals surface area (Å²) < 4.78 is 21.0. The number of hydrogen-bond acceptors (Lipinski definition) is 8. The first-order chi connectivity index (χ1) is 11.0.